The van der Waals surface area contributed by atoms with Crippen molar-refractivity contribution in [2.24, 2.45) is 5.92 Å². The monoisotopic (exact) mass is 347 g/mol. The third-order valence-electron chi connectivity index (χ3n) is 6.58. The summed E-state index contributed by atoms with van der Waals surface area (Å²) >= 11 is 0. The standard InChI is InChI=1S/C23H25NO2/c25-22(26)23(12-4-1-5-13-23)17-10-11-21-19(14-17)18-6-2-3-7-20(18)24(21)15-16-8-9-16/h2-3,6-7,10-11,14,16H,1,4-5,8-9,12-13,15H2,(H,25,26). The lowest BCUT2D eigenvalue weighted by atomic mass is 9.69. The highest BCUT2D eigenvalue weighted by molar-refractivity contribution is 6.08. The quantitative estimate of drug-likeness (QED) is 0.678. The van der Waals surface area contributed by atoms with E-state index in [4.69, 9.17) is 0 Å². The third-order valence-corrected chi connectivity index (χ3v) is 6.58. The summed E-state index contributed by atoms with van der Waals surface area (Å²) in [6.07, 6.45) is 7.34. The molecule has 0 spiro atoms. The molecule has 0 aliphatic heterocycles. The van der Waals surface area contributed by atoms with E-state index in [1.807, 2.05) is 0 Å². The van der Waals surface area contributed by atoms with Crippen LogP contribution < -0.4 is 0 Å². The fraction of sp³-hybridized carbons (Fsp3) is 0.435. The Morgan fingerprint density at radius 1 is 1.00 bits per heavy atom. The van der Waals surface area contributed by atoms with Gasteiger partial charge in [0, 0.05) is 28.4 Å². The molecule has 0 saturated heterocycles. The molecule has 0 radical (unpaired) electrons. The molecule has 0 atom stereocenters. The van der Waals surface area contributed by atoms with Gasteiger partial charge in [0.15, 0.2) is 0 Å². The third kappa shape index (κ3) is 2.37. The fourth-order valence-corrected chi connectivity index (χ4v) is 4.89. The Labute approximate surface area is 153 Å². The molecule has 3 aromatic rings. The van der Waals surface area contributed by atoms with Gasteiger partial charge >= 0.3 is 5.97 Å². The van der Waals surface area contributed by atoms with E-state index in [1.54, 1.807) is 0 Å². The summed E-state index contributed by atoms with van der Waals surface area (Å²) in [5, 5.41) is 12.5. The smallest absolute Gasteiger partial charge is 0.314 e. The van der Waals surface area contributed by atoms with E-state index in [0.29, 0.717) is 0 Å². The molecule has 0 bridgehead atoms. The van der Waals surface area contributed by atoms with Gasteiger partial charge in [-0.3, -0.25) is 4.79 Å². The zero-order valence-corrected chi connectivity index (χ0v) is 15.1. The number of fused-ring (bicyclic) bond motifs is 3. The minimum Gasteiger partial charge on any atom is -0.481 e. The topological polar surface area (TPSA) is 42.2 Å². The number of carboxylic acid groups (broad SMARTS) is 1. The molecule has 0 unspecified atom stereocenters. The number of aromatic nitrogens is 1. The van der Waals surface area contributed by atoms with Gasteiger partial charge in [-0.2, -0.15) is 0 Å². The van der Waals surface area contributed by atoms with Gasteiger partial charge in [-0.25, -0.2) is 0 Å². The molecule has 1 heterocycles. The molecule has 2 aliphatic rings. The summed E-state index contributed by atoms with van der Waals surface area (Å²) in [7, 11) is 0. The molecule has 3 heteroatoms. The summed E-state index contributed by atoms with van der Waals surface area (Å²) in [5.74, 6) is 0.149. The number of nitrogens with zero attached hydrogens (tertiary/aromatic N) is 1. The lowest BCUT2D eigenvalue weighted by Gasteiger charge is -2.33. The lowest BCUT2D eigenvalue weighted by molar-refractivity contribution is -0.145. The normalized spacial score (nSPS) is 19.8. The number of benzene rings is 2. The summed E-state index contributed by atoms with van der Waals surface area (Å²) in [5.41, 5.74) is 2.82. The molecule has 1 aromatic heterocycles. The Hall–Kier alpha value is -2.29. The van der Waals surface area contributed by atoms with Gasteiger partial charge in [-0.15, -0.1) is 0 Å². The number of hydrogen-bond donors (Lipinski definition) is 1. The van der Waals surface area contributed by atoms with Crippen LogP contribution in [0.1, 0.15) is 50.5 Å². The van der Waals surface area contributed by atoms with Crippen molar-refractivity contribution in [2.75, 3.05) is 0 Å². The molecule has 26 heavy (non-hydrogen) atoms. The molecular formula is C23H25NO2. The minimum absolute atomic E-state index is 0.654. The average molecular weight is 347 g/mol. The summed E-state index contributed by atoms with van der Waals surface area (Å²) in [6.45, 7) is 1.08. The van der Waals surface area contributed by atoms with E-state index in [1.165, 1.54) is 34.6 Å². The van der Waals surface area contributed by atoms with E-state index in [-0.39, 0.29) is 0 Å². The SMILES string of the molecule is O=C(O)C1(c2ccc3c(c2)c2ccccc2n3CC2CC2)CCCCC1. The number of carboxylic acids is 1. The van der Waals surface area contributed by atoms with E-state index >= 15 is 0 Å². The second-order valence-electron chi connectivity index (χ2n) is 8.25. The Balaban J connectivity index is 1.72. The van der Waals surface area contributed by atoms with Crippen molar-refractivity contribution in [2.45, 2.75) is 56.9 Å². The zero-order valence-electron chi connectivity index (χ0n) is 15.1. The van der Waals surface area contributed by atoms with Crippen molar-refractivity contribution < 1.29 is 9.90 Å². The van der Waals surface area contributed by atoms with Gasteiger partial charge in [0.1, 0.15) is 0 Å². The number of para-hydroxylation sites is 1. The molecule has 3 nitrogen and oxygen atoms in total. The van der Waals surface area contributed by atoms with Crippen LogP contribution in [0.3, 0.4) is 0 Å². The number of hydrogen-bond acceptors (Lipinski definition) is 1. The summed E-state index contributed by atoms with van der Waals surface area (Å²) in [4.78, 5) is 12.2. The van der Waals surface area contributed by atoms with Crippen LogP contribution >= 0.6 is 0 Å². The van der Waals surface area contributed by atoms with E-state index in [2.05, 4.69) is 47.0 Å². The first-order chi connectivity index (χ1) is 12.7. The van der Waals surface area contributed by atoms with Crippen molar-refractivity contribution in [3.63, 3.8) is 0 Å². The van der Waals surface area contributed by atoms with Crippen LogP contribution in [-0.2, 0) is 16.8 Å². The molecule has 1 N–H and O–H groups in total. The van der Waals surface area contributed by atoms with Gasteiger partial charge in [0.2, 0.25) is 0 Å². The highest BCUT2D eigenvalue weighted by Crippen LogP contribution is 2.42. The number of aliphatic carboxylic acids is 1. The lowest BCUT2D eigenvalue weighted by Crippen LogP contribution is -2.37. The van der Waals surface area contributed by atoms with Gasteiger partial charge < -0.3 is 9.67 Å². The van der Waals surface area contributed by atoms with Crippen molar-refractivity contribution in [3.05, 3.63) is 48.0 Å². The van der Waals surface area contributed by atoms with Gasteiger partial charge in [0.05, 0.1) is 5.41 Å². The van der Waals surface area contributed by atoms with Crippen LogP contribution in [0.15, 0.2) is 42.5 Å². The first-order valence-electron chi connectivity index (χ1n) is 9.94. The highest BCUT2D eigenvalue weighted by atomic mass is 16.4. The maximum absolute atomic E-state index is 12.2. The molecular weight excluding hydrogens is 322 g/mol. The van der Waals surface area contributed by atoms with E-state index < -0.39 is 11.4 Å². The first kappa shape index (κ1) is 15.9. The Morgan fingerprint density at radius 2 is 1.73 bits per heavy atom. The van der Waals surface area contributed by atoms with Crippen LogP contribution in [-0.4, -0.2) is 15.6 Å². The van der Waals surface area contributed by atoms with Crippen molar-refractivity contribution >= 4 is 27.8 Å². The maximum Gasteiger partial charge on any atom is 0.314 e. The Kier molecular flexibility index (Phi) is 3.59. The number of rotatable bonds is 4. The zero-order chi connectivity index (χ0) is 17.7. The average Bonchev–Trinajstić information content (AvgIpc) is 3.45. The molecule has 5 rings (SSSR count). The van der Waals surface area contributed by atoms with Crippen molar-refractivity contribution in [3.8, 4) is 0 Å². The van der Waals surface area contributed by atoms with Gasteiger partial charge in [-0.1, -0.05) is 43.5 Å². The van der Waals surface area contributed by atoms with Crippen LogP contribution in [0, 0.1) is 5.92 Å². The summed E-state index contributed by atoms with van der Waals surface area (Å²) < 4.78 is 2.44. The predicted molar refractivity (Wildman–Crippen MR) is 105 cm³/mol. The molecule has 2 saturated carbocycles. The molecule has 2 aliphatic carbocycles. The van der Waals surface area contributed by atoms with Crippen molar-refractivity contribution in [1.82, 2.24) is 4.57 Å². The maximum atomic E-state index is 12.2. The highest BCUT2D eigenvalue weighted by Gasteiger charge is 2.41. The molecule has 2 aromatic carbocycles. The molecule has 134 valence electrons. The minimum atomic E-state index is -0.702. The largest absolute Gasteiger partial charge is 0.481 e. The summed E-state index contributed by atoms with van der Waals surface area (Å²) in [6, 6.07) is 15.0. The first-order valence-corrected chi connectivity index (χ1v) is 9.94. The second-order valence-corrected chi connectivity index (χ2v) is 8.25. The van der Waals surface area contributed by atoms with Crippen LogP contribution in [0.2, 0.25) is 0 Å². The Morgan fingerprint density at radius 3 is 2.46 bits per heavy atom. The van der Waals surface area contributed by atoms with Gasteiger partial charge in [-0.05, 0) is 55.4 Å². The number of carbonyl (C=O) groups is 1. The fourth-order valence-electron chi connectivity index (χ4n) is 4.89. The van der Waals surface area contributed by atoms with Gasteiger partial charge in [0.25, 0.3) is 0 Å². The van der Waals surface area contributed by atoms with Crippen LogP contribution in [0.4, 0.5) is 0 Å². The predicted octanol–water partition coefficient (Wildman–Crippen LogP) is 5.49. The Bertz CT molecular complexity index is 990. The second kappa shape index (κ2) is 5.87. The molecule has 0 amide bonds. The van der Waals surface area contributed by atoms with E-state index in [0.717, 1.165) is 50.1 Å². The van der Waals surface area contributed by atoms with Crippen LogP contribution in [0.25, 0.3) is 21.8 Å². The van der Waals surface area contributed by atoms with E-state index in [9.17, 15) is 9.90 Å². The van der Waals surface area contributed by atoms with Crippen molar-refractivity contribution in [1.29, 1.82) is 0 Å². The van der Waals surface area contributed by atoms with Crippen LogP contribution in [0.5, 0.6) is 0 Å². The molecule has 2 fully saturated rings.